The zero-order valence-corrected chi connectivity index (χ0v) is 12.8. The molecule has 0 atom stereocenters. The molecule has 0 saturated carbocycles. The van der Waals surface area contributed by atoms with Gasteiger partial charge in [-0.25, -0.2) is 0 Å². The number of hydrogen-bond donors (Lipinski definition) is 2. The monoisotopic (exact) mass is 310 g/mol. The lowest BCUT2D eigenvalue weighted by Gasteiger charge is -2.07. The van der Waals surface area contributed by atoms with E-state index >= 15 is 0 Å². The van der Waals surface area contributed by atoms with Crippen LogP contribution in [0, 0.1) is 0 Å². The predicted octanol–water partition coefficient (Wildman–Crippen LogP) is 2.53. The molecule has 0 aliphatic rings. The minimum atomic E-state index is -0.397. The van der Waals surface area contributed by atoms with Crippen molar-refractivity contribution in [2.24, 2.45) is 0 Å². The fraction of sp³-hybridized carbons (Fsp3) is 0.167. The summed E-state index contributed by atoms with van der Waals surface area (Å²) < 4.78 is 0. The Labute approximate surface area is 134 Å². The molecule has 2 amide bonds. The summed E-state index contributed by atoms with van der Waals surface area (Å²) in [5.41, 5.74) is 2.10. The van der Waals surface area contributed by atoms with Gasteiger partial charge in [0, 0.05) is 17.8 Å². The molecule has 2 rings (SSSR count). The Morgan fingerprint density at radius 1 is 0.870 bits per heavy atom. The molecule has 5 heteroatoms. The zero-order chi connectivity index (χ0) is 16.7. The molecule has 0 fully saturated rings. The van der Waals surface area contributed by atoms with Gasteiger partial charge in [-0.1, -0.05) is 30.3 Å². The number of benzene rings is 2. The Morgan fingerprint density at radius 3 is 2.13 bits per heavy atom. The maximum Gasteiger partial charge on any atom is 0.233 e. The second-order valence-corrected chi connectivity index (χ2v) is 5.12. The van der Waals surface area contributed by atoms with Gasteiger partial charge in [0.1, 0.15) is 6.42 Å². The van der Waals surface area contributed by atoms with Crippen LogP contribution in [-0.4, -0.2) is 17.6 Å². The van der Waals surface area contributed by atoms with E-state index in [1.807, 2.05) is 30.3 Å². The van der Waals surface area contributed by atoms with Crippen molar-refractivity contribution < 1.29 is 14.4 Å². The number of ketones is 1. The molecule has 2 aromatic carbocycles. The molecule has 0 spiro atoms. The molecule has 23 heavy (non-hydrogen) atoms. The van der Waals surface area contributed by atoms with Crippen LogP contribution in [0.15, 0.2) is 54.6 Å². The summed E-state index contributed by atoms with van der Waals surface area (Å²) >= 11 is 0. The third-order valence-electron chi connectivity index (χ3n) is 3.23. The Kier molecular flexibility index (Phi) is 5.63. The predicted molar refractivity (Wildman–Crippen MR) is 88.0 cm³/mol. The Hall–Kier alpha value is -2.95. The number of carbonyl (C=O) groups excluding carboxylic acids is 3. The fourth-order valence-electron chi connectivity index (χ4n) is 2.00. The van der Waals surface area contributed by atoms with Crippen LogP contribution < -0.4 is 10.6 Å². The highest BCUT2D eigenvalue weighted by atomic mass is 16.2. The molecule has 0 aliphatic carbocycles. The first kappa shape index (κ1) is 16.4. The van der Waals surface area contributed by atoms with Crippen molar-refractivity contribution in [3.05, 3.63) is 65.7 Å². The van der Waals surface area contributed by atoms with Crippen molar-refractivity contribution in [1.82, 2.24) is 5.32 Å². The summed E-state index contributed by atoms with van der Waals surface area (Å²) in [7, 11) is 0. The van der Waals surface area contributed by atoms with Crippen LogP contribution in [0.25, 0.3) is 0 Å². The van der Waals surface area contributed by atoms with E-state index in [1.54, 1.807) is 24.3 Å². The third kappa shape index (κ3) is 5.39. The highest BCUT2D eigenvalue weighted by Gasteiger charge is 2.09. The SMILES string of the molecule is CC(=O)c1ccc(NC(=O)CC(=O)NCc2ccccc2)cc1. The van der Waals surface area contributed by atoms with Gasteiger partial charge in [-0.05, 0) is 36.8 Å². The molecule has 2 N–H and O–H groups in total. The van der Waals surface area contributed by atoms with Crippen molar-refractivity contribution in [3.8, 4) is 0 Å². The zero-order valence-electron chi connectivity index (χ0n) is 12.8. The van der Waals surface area contributed by atoms with Crippen LogP contribution in [0.4, 0.5) is 5.69 Å². The summed E-state index contributed by atoms with van der Waals surface area (Å²) in [6.45, 7) is 1.87. The van der Waals surface area contributed by atoms with E-state index in [1.165, 1.54) is 6.92 Å². The molecule has 0 aliphatic heterocycles. The Balaban J connectivity index is 1.79. The summed E-state index contributed by atoms with van der Waals surface area (Å²) in [5.74, 6) is -0.777. The van der Waals surface area contributed by atoms with Gasteiger partial charge < -0.3 is 10.6 Å². The topological polar surface area (TPSA) is 75.3 Å². The van der Waals surface area contributed by atoms with Crippen molar-refractivity contribution in [2.75, 3.05) is 5.32 Å². The Bertz CT molecular complexity index is 694. The normalized spacial score (nSPS) is 9.96. The first-order valence-corrected chi connectivity index (χ1v) is 7.26. The quantitative estimate of drug-likeness (QED) is 0.636. The highest BCUT2D eigenvalue weighted by molar-refractivity contribution is 6.03. The molecular formula is C18H18N2O3. The number of amides is 2. The van der Waals surface area contributed by atoms with E-state index in [0.29, 0.717) is 17.8 Å². The van der Waals surface area contributed by atoms with Crippen LogP contribution in [-0.2, 0) is 16.1 Å². The van der Waals surface area contributed by atoms with Gasteiger partial charge in [0.2, 0.25) is 11.8 Å². The molecule has 0 radical (unpaired) electrons. The minimum absolute atomic E-state index is 0.0387. The second kappa shape index (κ2) is 7.89. The second-order valence-electron chi connectivity index (χ2n) is 5.12. The number of rotatable bonds is 6. The average Bonchev–Trinajstić information content (AvgIpc) is 2.54. The standard InChI is InChI=1S/C18H18N2O3/c1-13(21)15-7-9-16(10-8-15)20-18(23)11-17(22)19-12-14-5-3-2-4-6-14/h2-10H,11-12H2,1H3,(H,19,22)(H,20,23). The van der Waals surface area contributed by atoms with Gasteiger partial charge in [0.25, 0.3) is 0 Å². The third-order valence-corrected chi connectivity index (χ3v) is 3.23. The molecule has 0 heterocycles. The van der Waals surface area contributed by atoms with Crippen LogP contribution in [0.2, 0.25) is 0 Å². The van der Waals surface area contributed by atoms with Crippen molar-refractivity contribution in [1.29, 1.82) is 0 Å². The number of hydrogen-bond acceptors (Lipinski definition) is 3. The summed E-state index contributed by atoms with van der Waals surface area (Å²) in [6.07, 6.45) is -0.249. The van der Waals surface area contributed by atoms with E-state index in [-0.39, 0.29) is 18.1 Å². The van der Waals surface area contributed by atoms with Crippen LogP contribution in [0.1, 0.15) is 29.3 Å². The molecule has 2 aromatic rings. The van der Waals surface area contributed by atoms with Gasteiger partial charge >= 0.3 is 0 Å². The largest absolute Gasteiger partial charge is 0.352 e. The van der Waals surface area contributed by atoms with Crippen LogP contribution >= 0.6 is 0 Å². The van der Waals surface area contributed by atoms with Gasteiger partial charge in [-0.15, -0.1) is 0 Å². The minimum Gasteiger partial charge on any atom is -0.352 e. The number of Topliss-reactive ketones (excluding diaryl/α,β-unsaturated/α-hetero) is 1. The molecule has 5 nitrogen and oxygen atoms in total. The summed E-state index contributed by atoms with van der Waals surface area (Å²) in [4.78, 5) is 34.7. The van der Waals surface area contributed by atoms with Crippen molar-refractivity contribution >= 4 is 23.3 Å². The first-order chi connectivity index (χ1) is 11.0. The van der Waals surface area contributed by atoms with Crippen molar-refractivity contribution in [3.63, 3.8) is 0 Å². The lowest BCUT2D eigenvalue weighted by atomic mass is 10.1. The lowest BCUT2D eigenvalue weighted by Crippen LogP contribution is -2.27. The molecular weight excluding hydrogens is 292 g/mol. The maximum absolute atomic E-state index is 11.8. The van der Waals surface area contributed by atoms with E-state index < -0.39 is 5.91 Å². The summed E-state index contributed by atoms with van der Waals surface area (Å²) in [5, 5.41) is 5.32. The van der Waals surface area contributed by atoms with E-state index in [4.69, 9.17) is 0 Å². The number of anilines is 1. The van der Waals surface area contributed by atoms with Gasteiger partial charge in [0.15, 0.2) is 5.78 Å². The summed E-state index contributed by atoms with van der Waals surface area (Å²) in [6, 6.07) is 16.0. The molecule has 0 aromatic heterocycles. The Morgan fingerprint density at radius 2 is 1.52 bits per heavy atom. The first-order valence-electron chi connectivity index (χ1n) is 7.26. The highest BCUT2D eigenvalue weighted by Crippen LogP contribution is 2.10. The number of carbonyl (C=O) groups is 3. The fourth-order valence-corrected chi connectivity index (χ4v) is 2.00. The van der Waals surface area contributed by atoms with Crippen LogP contribution in [0.5, 0.6) is 0 Å². The smallest absolute Gasteiger partial charge is 0.233 e. The molecule has 0 saturated heterocycles. The van der Waals surface area contributed by atoms with Gasteiger partial charge in [-0.2, -0.15) is 0 Å². The molecule has 0 unspecified atom stereocenters. The molecule has 0 bridgehead atoms. The van der Waals surface area contributed by atoms with Gasteiger partial charge in [0.05, 0.1) is 0 Å². The van der Waals surface area contributed by atoms with Crippen molar-refractivity contribution in [2.45, 2.75) is 19.9 Å². The van der Waals surface area contributed by atoms with E-state index in [2.05, 4.69) is 10.6 Å². The van der Waals surface area contributed by atoms with Gasteiger partial charge in [-0.3, -0.25) is 14.4 Å². The van der Waals surface area contributed by atoms with Crippen LogP contribution in [0.3, 0.4) is 0 Å². The maximum atomic E-state index is 11.8. The number of nitrogens with one attached hydrogen (secondary N) is 2. The van der Waals surface area contributed by atoms with E-state index in [9.17, 15) is 14.4 Å². The molecule has 118 valence electrons. The van der Waals surface area contributed by atoms with E-state index in [0.717, 1.165) is 5.56 Å². The average molecular weight is 310 g/mol. The lowest BCUT2D eigenvalue weighted by molar-refractivity contribution is -0.126.